The standard InChI is InChI=1S/C18H19NO5/c1-13-5-3-4-6-16(13)24-11-17(20)19-14-7-9-15(10-8-14)23-12-18(21)22-2/h3-10H,11-12H2,1-2H3,(H,19,20). The van der Waals surface area contributed by atoms with E-state index in [1.165, 1.54) is 7.11 Å². The highest BCUT2D eigenvalue weighted by Crippen LogP contribution is 2.17. The van der Waals surface area contributed by atoms with Crippen LogP contribution in [0.5, 0.6) is 11.5 Å². The first kappa shape index (κ1) is 17.3. The molecule has 0 aliphatic carbocycles. The molecule has 2 aromatic carbocycles. The second-order valence-corrected chi connectivity index (χ2v) is 4.99. The van der Waals surface area contributed by atoms with Crippen LogP contribution >= 0.6 is 0 Å². The zero-order valence-electron chi connectivity index (χ0n) is 13.6. The molecule has 126 valence electrons. The summed E-state index contributed by atoms with van der Waals surface area (Å²) in [7, 11) is 1.29. The quantitative estimate of drug-likeness (QED) is 0.790. The van der Waals surface area contributed by atoms with Gasteiger partial charge in [0.1, 0.15) is 11.5 Å². The summed E-state index contributed by atoms with van der Waals surface area (Å²) < 4.78 is 15.2. The molecule has 2 rings (SSSR count). The number of esters is 1. The van der Waals surface area contributed by atoms with E-state index >= 15 is 0 Å². The largest absolute Gasteiger partial charge is 0.483 e. The molecule has 0 saturated heterocycles. The van der Waals surface area contributed by atoms with E-state index in [1.807, 2.05) is 31.2 Å². The van der Waals surface area contributed by atoms with Gasteiger partial charge in [-0.25, -0.2) is 4.79 Å². The Morgan fingerprint density at radius 2 is 1.67 bits per heavy atom. The summed E-state index contributed by atoms with van der Waals surface area (Å²) in [6, 6.07) is 14.2. The van der Waals surface area contributed by atoms with Gasteiger partial charge in [-0.05, 0) is 42.8 Å². The van der Waals surface area contributed by atoms with Crippen LogP contribution in [0.3, 0.4) is 0 Å². The number of ether oxygens (including phenoxy) is 3. The fraction of sp³-hybridized carbons (Fsp3) is 0.222. The van der Waals surface area contributed by atoms with Gasteiger partial charge in [-0.15, -0.1) is 0 Å². The van der Waals surface area contributed by atoms with E-state index in [9.17, 15) is 9.59 Å². The van der Waals surface area contributed by atoms with E-state index in [4.69, 9.17) is 9.47 Å². The molecule has 0 radical (unpaired) electrons. The average molecular weight is 329 g/mol. The second kappa shape index (κ2) is 8.57. The minimum atomic E-state index is -0.458. The molecule has 0 atom stereocenters. The fourth-order valence-electron chi connectivity index (χ4n) is 1.89. The smallest absolute Gasteiger partial charge is 0.343 e. The molecular formula is C18H19NO5. The van der Waals surface area contributed by atoms with Crippen LogP contribution in [0.1, 0.15) is 5.56 Å². The number of aryl methyl sites for hydroxylation is 1. The number of anilines is 1. The number of rotatable bonds is 7. The predicted octanol–water partition coefficient (Wildman–Crippen LogP) is 2.56. The summed E-state index contributed by atoms with van der Waals surface area (Å²) in [5.41, 5.74) is 1.58. The molecule has 6 heteroatoms. The zero-order chi connectivity index (χ0) is 17.4. The predicted molar refractivity (Wildman–Crippen MR) is 89.3 cm³/mol. The molecule has 0 aromatic heterocycles. The number of benzene rings is 2. The Morgan fingerprint density at radius 1 is 0.958 bits per heavy atom. The Hall–Kier alpha value is -3.02. The molecule has 0 bridgehead atoms. The van der Waals surface area contributed by atoms with E-state index in [2.05, 4.69) is 10.1 Å². The highest BCUT2D eigenvalue weighted by Gasteiger charge is 2.06. The first-order chi connectivity index (χ1) is 11.6. The van der Waals surface area contributed by atoms with Gasteiger partial charge in [-0.3, -0.25) is 4.79 Å². The van der Waals surface area contributed by atoms with Crippen molar-refractivity contribution in [3.05, 3.63) is 54.1 Å². The maximum absolute atomic E-state index is 11.9. The van der Waals surface area contributed by atoms with Gasteiger partial charge in [0.25, 0.3) is 5.91 Å². The maximum atomic E-state index is 11.9. The summed E-state index contributed by atoms with van der Waals surface area (Å²) in [5, 5.41) is 2.72. The number of nitrogens with one attached hydrogen (secondary N) is 1. The molecule has 0 aliphatic heterocycles. The Kier molecular flexibility index (Phi) is 6.19. The third kappa shape index (κ3) is 5.31. The molecular weight excluding hydrogens is 310 g/mol. The van der Waals surface area contributed by atoms with Crippen LogP contribution in [0.25, 0.3) is 0 Å². The lowest BCUT2D eigenvalue weighted by molar-refractivity contribution is -0.142. The van der Waals surface area contributed by atoms with Crippen molar-refractivity contribution < 1.29 is 23.8 Å². The first-order valence-electron chi connectivity index (χ1n) is 7.36. The highest BCUT2D eigenvalue weighted by atomic mass is 16.6. The van der Waals surface area contributed by atoms with Crippen molar-refractivity contribution in [1.82, 2.24) is 0 Å². The first-order valence-corrected chi connectivity index (χ1v) is 7.36. The normalized spacial score (nSPS) is 9.92. The molecule has 0 saturated carbocycles. The molecule has 0 heterocycles. The number of amides is 1. The van der Waals surface area contributed by atoms with Crippen molar-refractivity contribution in [3.63, 3.8) is 0 Å². The zero-order valence-corrected chi connectivity index (χ0v) is 13.6. The Bertz CT molecular complexity index is 697. The van der Waals surface area contributed by atoms with Gasteiger partial charge in [0.15, 0.2) is 13.2 Å². The van der Waals surface area contributed by atoms with E-state index in [0.29, 0.717) is 17.2 Å². The van der Waals surface area contributed by atoms with E-state index < -0.39 is 5.97 Å². The summed E-state index contributed by atoms with van der Waals surface area (Å²) in [4.78, 5) is 22.9. The highest BCUT2D eigenvalue weighted by molar-refractivity contribution is 5.91. The monoisotopic (exact) mass is 329 g/mol. The SMILES string of the molecule is COC(=O)COc1ccc(NC(=O)COc2ccccc2C)cc1. The van der Waals surface area contributed by atoms with Crippen LogP contribution in [0, 0.1) is 6.92 Å². The van der Waals surface area contributed by atoms with Crippen LogP contribution in [-0.2, 0) is 14.3 Å². The van der Waals surface area contributed by atoms with Gasteiger partial charge in [-0.2, -0.15) is 0 Å². The van der Waals surface area contributed by atoms with Crippen molar-refractivity contribution in [2.75, 3.05) is 25.6 Å². The van der Waals surface area contributed by atoms with Crippen LogP contribution < -0.4 is 14.8 Å². The van der Waals surface area contributed by atoms with Crippen molar-refractivity contribution >= 4 is 17.6 Å². The molecule has 0 fully saturated rings. The lowest BCUT2D eigenvalue weighted by Gasteiger charge is -2.10. The minimum absolute atomic E-state index is 0.0779. The van der Waals surface area contributed by atoms with Crippen LogP contribution in [0.4, 0.5) is 5.69 Å². The van der Waals surface area contributed by atoms with Gasteiger partial charge in [0, 0.05) is 5.69 Å². The van der Waals surface area contributed by atoms with Gasteiger partial charge in [0.05, 0.1) is 7.11 Å². The van der Waals surface area contributed by atoms with Crippen LogP contribution in [0.2, 0.25) is 0 Å². The summed E-state index contributed by atoms with van der Waals surface area (Å²) in [5.74, 6) is 0.469. The molecule has 1 amide bonds. The van der Waals surface area contributed by atoms with Crippen molar-refractivity contribution in [3.8, 4) is 11.5 Å². The van der Waals surface area contributed by atoms with Crippen molar-refractivity contribution in [2.45, 2.75) is 6.92 Å². The van der Waals surface area contributed by atoms with Crippen molar-refractivity contribution in [2.24, 2.45) is 0 Å². The van der Waals surface area contributed by atoms with Gasteiger partial charge < -0.3 is 19.5 Å². The molecule has 24 heavy (non-hydrogen) atoms. The second-order valence-electron chi connectivity index (χ2n) is 4.99. The summed E-state index contributed by atoms with van der Waals surface area (Å²) in [6.45, 7) is 1.68. The van der Waals surface area contributed by atoms with E-state index in [0.717, 1.165) is 5.56 Å². The average Bonchev–Trinajstić information content (AvgIpc) is 2.60. The number of carbonyl (C=O) groups is 2. The lowest BCUT2D eigenvalue weighted by atomic mass is 10.2. The topological polar surface area (TPSA) is 73.9 Å². The molecule has 1 N–H and O–H groups in total. The molecule has 0 spiro atoms. The van der Waals surface area contributed by atoms with E-state index in [1.54, 1.807) is 24.3 Å². The number of hydrogen-bond donors (Lipinski definition) is 1. The summed E-state index contributed by atoms with van der Waals surface area (Å²) in [6.07, 6.45) is 0. The van der Waals surface area contributed by atoms with Gasteiger partial charge in [-0.1, -0.05) is 18.2 Å². The molecule has 0 aliphatic rings. The maximum Gasteiger partial charge on any atom is 0.343 e. The van der Waals surface area contributed by atoms with Crippen molar-refractivity contribution in [1.29, 1.82) is 0 Å². The third-order valence-electron chi connectivity index (χ3n) is 3.17. The number of carbonyl (C=O) groups excluding carboxylic acids is 2. The van der Waals surface area contributed by atoms with E-state index in [-0.39, 0.29) is 19.1 Å². The minimum Gasteiger partial charge on any atom is -0.483 e. The molecule has 0 unspecified atom stereocenters. The van der Waals surface area contributed by atoms with Gasteiger partial charge in [0.2, 0.25) is 0 Å². The van der Waals surface area contributed by atoms with Crippen LogP contribution in [0.15, 0.2) is 48.5 Å². The third-order valence-corrected chi connectivity index (χ3v) is 3.17. The Labute approximate surface area is 140 Å². The number of para-hydroxylation sites is 1. The summed E-state index contributed by atoms with van der Waals surface area (Å²) >= 11 is 0. The number of methoxy groups -OCH3 is 1. The Morgan fingerprint density at radius 3 is 2.33 bits per heavy atom. The number of hydrogen-bond acceptors (Lipinski definition) is 5. The van der Waals surface area contributed by atoms with Gasteiger partial charge >= 0.3 is 5.97 Å². The Balaban J connectivity index is 1.81. The van der Waals surface area contributed by atoms with Crippen LogP contribution in [-0.4, -0.2) is 32.2 Å². The lowest BCUT2D eigenvalue weighted by Crippen LogP contribution is -2.20. The fourth-order valence-corrected chi connectivity index (χ4v) is 1.89. The molecule has 6 nitrogen and oxygen atoms in total. The molecule has 2 aromatic rings.